The van der Waals surface area contributed by atoms with Crippen molar-refractivity contribution in [1.29, 1.82) is 0 Å². The number of furan rings is 1. The van der Waals surface area contributed by atoms with Crippen molar-refractivity contribution < 1.29 is 38.9 Å². The van der Waals surface area contributed by atoms with Crippen molar-refractivity contribution in [2.24, 2.45) is 28.8 Å². The van der Waals surface area contributed by atoms with Gasteiger partial charge in [0.25, 0.3) is 0 Å². The zero-order chi connectivity index (χ0) is 25.9. The third-order valence-corrected chi connectivity index (χ3v) is 7.64. The molecule has 2 aromatic rings. The zero-order valence-corrected chi connectivity index (χ0v) is 20.4. The van der Waals surface area contributed by atoms with Crippen molar-refractivity contribution in [3.8, 4) is 0 Å². The maximum absolute atomic E-state index is 13.4. The van der Waals surface area contributed by atoms with E-state index in [1.54, 1.807) is 18.4 Å². The lowest BCUT2D eigenvalue weighted by atomic mass is 9.60. The van der Waals surface area contributed by atoms with E-state index in [-0.39, 0.29) is 50.5 Å². The van der Waals surface area contributed by atoms with Crippen LogP contribution in [-0.2, 0) is 32.3 Å². The lowest BCUT2D eigenvalue weighted by molar-refractivity contribution is -0.142. The maximum Gasteiger partial charge on any atom is 0.233 e. The van der Waals surface area contributed by atoms with Crippen LogP contribution in [0.3, 0.4) is 0 Å². The first kappa shape index (κ1) is 25.6. The normalized spacial score (nSPS) is 31.3. The molecule has 1 aliphatic heterocycles. The number of aliphatic hydroxyl groups excluding tert-OH is 3. The minimum absolute atomic E-state index is 0.0244. The first-order valence-electron chi connectivity index (χ1n) is 12.7. The predicted octanol–water partition coefficient (Wildman–Crippen LogP) is 1.48. The van der Waals surface area contributed by atoms with Crippen molar-refractivity contribution in [2.75, 3.05) is 13.2 Å². The van der Waals surface area contributed by atoms with E-state index in [0.717, 1.165) is 5.56 Å². The van der Waals surface area contributed by atoms with Gasteiger partial charge in [0.05, 0.1) is 49.2 Å². The molecule has 1 aromatic heterocycles. The molecule has 37 heavy (non-hydrogen) atoms. The quantitative estimate of drug-likeness (QED) is 0.339. The number of ether oxygens (including phenoxy) is 1. The van der Waals surface area contributed by atoms with Gasteiger partial charge in [-0.05, 0) is 30.5 Å². The molecular weight excluding hydrogens is 480 g/mol. The number of carbonyl (C=O) groups is 2. The van der Waals surface area contributed by atoms with Gasteiger partial charge in [0.2, 0.25) is 11.8 Å². The highest BCUT2D eigenvalue weighted by atomic mass is 16.6. The smallest absolute Gasteiger partial charge is 0.233 e. The highest BCUT2D eigenvalue weighted by molar-refractivity contribution is 6.06. The molecule has 0 spiro atoms. The van der Waals surface area contributed by atoms with Gasteiger partial charge in [0.1, 0.15) is 25.1 Å². The summed E-state index contributed by atoms with van der Waals surface area (Å²) in [7, 11) is 0. The lowest BCUT2D eigenvalue weighted by Gasteiger charge is -2.45. The van der Waals surface area contributed by atoms with Crippen LogP contribution in [0.15, 0.2) is 58.3 Å². The Hall–Kier alpha value is -3.05. The summed E-state index contributed by atoms with van der Waals surface area (Å²) in [4.78, 5) is 33.3. The van der Waals surface area contributed by atoms with Crippen LogP contribution < -0.4 is 0 Å². The number of imide groups is 1. The molecule has 5 rings (SSSR count). The molecule has 1 saturated heterocycles. The number of rotatable bonds is 9. The molecular formula is C27H32N2O8. The Bertz CT molecular complexity index is 1100. The fourth-order valence-corrected chi connectivity index (χ4v) is 5.91. The molecule has 2 saturated carbocycles. The average Bonchev–Trinajstić information content (AvgIpc) is 3.50. The Morgan fingerprint density at radius 2 is 1.81 bits per heavy atom. The number of amides is 2. The number of likely N-dealkylation sites (tertiary alicyclic amines) is 1. The van der Waals surface area contributed by atoms with Crippen molar-refractivity contribution in [3.63, 3.8) is 0 Å². The van der Waals surface area contributed by atoms with Crippen molar-refractivity contribution in [3.05, 3.63) is 60.1 Å². The Kier molecular flexibility index (Phi) is 7.71. The number of hydrogen-bond acceptors (Lipinski definition) is 9. The molecule has 0 radical (unpaired) electrons. The summed E-state index contributed by atoms with van der Waals surface area (Å²) in [5, 5.41) is 35.9. The number of hydrogen-bond donors (Lipinski definition) is 3. The lowest BCUT2D eigenvalue weighted by Crippen LogP contribution is -2.54. The SMILES string of the molecule is O=C1[C@H]2[C@H]3[C@H](O)[C@H](O)C/C(=N/OC[C@@H](O)COCc4ccco4)[C@@H]3CC[C@@H]2C(=O)N1Cc1ccccc1. The number of oxime groups is 1. The number of benzene rings is 1. The van der Waals surface area contributed by atoms with Crippen LogP contribution in [0.25, 0.3) is 0 Å². The van der Waals surface area contributed by atoms with Gasteiger partial charge in [0.15, 0.2) is 0 Å². The zero-order valence-electron chi connectivity index (χ0n) is 20.4. The van der Waals surface area contributed by atoms with E-state index in [1.165, 1.54) is 4.90 Å². The number of fused-ring (bicyclic) bond motifs is 3. The van der Waals surface area contributed by atoms with Crippen molar-refractivity contribution in [2.45, 2.75) is 50.7 Å². The van der Waals surface area contributed by atoms with Gasteiger partial charge in [-0.1, -0.05) is 35.5 Å². The van der Waals surface area contributed by atoms with Gasteiger partial charge in [-0.2, -0.15) is 0 Å². The van der Waals surface area contributed by atoms with Gasteiger partial charge in [-0.15, -0.1) is 0 Å². The van der Waals surface area contributed by atoms with Crippen LogP contribution in [0, 0.1) is 23.7 Å². The monoisotopic (exact) mass is 512 g/mol. The van der Waals surface area contributed by atoms with Crippen LogP contribution in [-0.4, -0.2) is 69.3 Å². The Morgan fingerprint density at radius 3 is 2.57 bits per heavy atom. The third kappa shape index (κ3) is 5.33. The molecule has 2 heterocycles. The molecule has 3 N–H and O–H groups in total. The summed E-state index contributed by atoms with van der Waals surface area (Å²) in [5.41, 5.74) is 1.39. The highest BCUT2D eigenvalue weighted by Crippen LogP contribution is 2.49. The average molecular weight is 513 g/mol. The fraction of sp³-hybridized carbons (Fsp3) is 0.519. The predicted molar refractivity (Wildman–Crippen MR) is 130 cm³/mol. The minimum atomic E-state index is -1.15. The largest absolute Gasteiger partial charge is 0.467 e. The standard InChI is InChI=1S/C27H32N2O8/c30-17(13-35-15-18-7-4-10-36-18)14-37-28-21-11-22(31)25(32)23-19(21)8-9-20-24(23)27(34)29(26(20)33)12-16-5-2-1-3-6-16/h1-7,10,17,19-20,22-25,30-32H,8-9,11-15H2/b28-21-/t17-,19-,20-,22+,23-,24+,25+/m0/s1. The molecule has 2 aliphatic carbocycles. The summed E-state index contributed by atoms with van der Waals surface area (Å²) < 4.78 is 10.6. The fourth-order valence-electron chi connectivity index (χ4n) is 5.91. The summed E-state index contributed by atoms with van der Waals surface area (Å²) in [6.45, 7) is 0.317. The van der Waals surface area contributed by atoms with E-state index in [0.29, 0.717) is 24.3 Å². The first-order valence-corrected chi connectivity index (χ1v) is 12.7. The topological polar surface area (TPSA) is 142 Å². The molecule has 10 heteroatoms. The molecule has 2 amide bonds. The molecule has 7 atom stereocenters. The van der Waals surface area contributed by atoms with E-state index in [1.807, 2.05) is 30.3 Å². The third-order valence-electron chi connectivity index (χ3n) is 7.64. The van der Waals surface area contributed by atoms with Gasteiger partial charge in [-0.3, -0.25) is 14.5 Å². The first-order chi connectivity index (χ1) is 17.9. The van der Waals surface area contributed by atoms with E-state index in [4.69, 9.17) is 14.0 Å². The highest BCUT2D eigenvalue weighted by Gasteiger charge is 2.59. The summed E-state index contributed by atoms with van der Waals surface area (Å²) in [5.74, 6) is -2.07. The molecule has 1 aromatic carbocycles. The molecule has 0 unspecified atom stereocenters. The minimum Gasteiger partial charge on any atom is -0.467 e. The molecule has 10 nitrogen and oxygen atoms in total. The van der Waals surface area contributed by atoms with Gasteiger partial charge >= 0.3 is 0 Å². The molecule has 198 valence electrons. The second kappa shape index (κ2) is 11.1. The van der Waals surface area contributed by atoms with Crippen LogP contribution in [0.4, 0.5) is 0 Å². The Balaban J connectivity index is 1.23. The summed E-state index contributed by atoms with van der Waals surface area (Å²) in [6, 6.07) is 12.8. The summed E-state index contributed by atoms with van der Waals surface area (Å²) >= 11 is 0. The van der Waals surface area contributed by atoms with Crippen LogP contribution in [0.1, 0.15) is 30.6 Å². The molecule has 3 aliphatic rings. The van der Waals surface area contributed by atoms with Crippen LogP contribution >= 0.6 is 0 Å². The van der Waals surface area contributed by atoms with E-state index in [2.05, 4.69) is 5.16 Å². The summed E-state index contributed by atoms with van der Waals surface area (Å²) in [6.07, 6.45) is -0.523. The molecule has 3 fully saturated rings. The van der Waals surface area contributed by atoms with E-state index in [9.17, 15) is 24.9 Å². The van der Waals surface area contributed by atoms with Gasteiger partial charge < -0.3 is 29.3 Å². The van der Waals surface area contributed by atoms with Crippen LogP contribution in [0.2, 0.25) is 0 Å². The number of aliphatic hydroxyl groups is 3. The Morgan fingerprint density at radius 1 is 1.03 bits per heavy atom. The van der Waals surface area contributed by atoms with Crippen molar-refractivity contribution >= 4 is 17.5 Å². The van der Waals surface area contributed by atoms with Crippen LogP contribution in [0.5, 0.6) is 0 Å². The van der Waals surface area contributed by atoms with E-state index >= 15 is 0 Å². The van der Waals surface area contributed by atoms with Crippen molar-refractivity contribution in [1.82, 2.24) is 4.90 Å². The maximum atomic E-state index is 13.4. The molecule has 0 bridgehead atoms. The number of carbonyl (C=O) groups excluding carboxylic acids is 2. The van der Waals surface area contributed by atoms with E-state index < -0.39 is 36.1 Å². The second-order valence-corrected chi connectivity index (χ2v) is 10.0. The van der Waals surface area contributed by atoms with Gasteiger partial charge in [-0.25, -0.2) is 0 Å². The second-order valence-electron chi connectivity index (χ2n) is 10.0. The number of nitrogens with zero attached hydrogens (tertiary/aromatic N) is 2. The van der Waals surface area contributed by atoms with Gasteiger partial charge in [0, 0.05) is 18.3 Å². The Labute approximate surface area is 214 Å².